The van der Waals surface area contributed by atoms with E-state index in [0.717, 1.165) is 75.4 Å². The highest BCUT2D eigenvalue weighted by atomic mass is 32.1. The fourth-order valence-corrected chi connectivity index (χ4v) is 7.54. The van der Waals surface area contributed by atoms with Crippen molar-refractivity contribution in [2.24, 2.45) is 5.41 Å². The largest absolute Gasteiger partial charge is 0.385 e. The summed E-state index contributed by atoms with van der Waals surface area (Å²) in [5.74, 6) is -0.440. The first-order chi connectivity index (χ1) is 26.3. The predicted octanol–water partition coefficient (Wildman–Crippen LogP) is 9.36. The van der Waals surface area contributed by atoms with E-state index in [1.54, 1.807) is 21.0 Å². The second-order valence-electron chi connectivity index (χ2n) is 15.1. The van der Waals surface area contributed by atoms with Crippen LogP contribution in [0.2, 0.25) is 0 Å². The Morgan fingerprint density at radius 2 is 1.00 bits per heavy atom. The zero-order valence-electron chi connectivity index (χ0n) is 34.8. The number of hydrogen-bond acceptors (Lipinski definition) is 9. The van der Waals surface area contributed by atoms with Gasteiger partial charge in [0.1, 0.15) is 9.75 Å². The van der Waals surface area contributed by atoms with Crippen molar-refractivity contribution >= 4 is 68.2 Å². The van der Waals surface area contributed by atoms with Gasteiger partial charge in [-0.2, -0.15) is 0 Å². The second kappa shape index (κ2) is 20.9. The second-order valence-corrected chi connectivity index (χ2v) is 17.1. The van der Waals surface area contributed by atoms with Gasteiger partial charge in [0.2, 0.25) is 0 Å². The fourth-order valence-electron chi connectivity index (χ4n) is 5.82. The Hall–Kier alpha value is -4.86. The summed E-state index contributed by atoms with van der Waals surface area (Å²) in [6.07, 6.45) is 2.59. The number of nitrogens with one attached hydrogen (secondary N) is 6. The van der Waals surface area contributed by atoms with E-state index < -0.39 is 0 Å². The maximum Gasteiger partial charge on any atom is 0.321 e. The highest BCUT2D eigenvalue weighted by Crippen LogP contribution is 2.28. The van der Waals surface area contributed by atoms with Crippen LogP contribution in [-0.4, -0.2) is 60.7 Å². The molecule has 2 heterocycles. The Morgan fingerprint density at radius 1 is 0.607 bits per heavy atom. The fraction of sp³-hybridized carbons (Fsp3) is 0.463. The van der Waals surface area contributed by atoms with Gasteiger partial charge in [0.05, 0.1) is 11.4 Å². The first kappa shape index (κ1) is 45.5. The average Bonchev–Trinajstić information content (AvgIpc) is 3.64. The van der Waals surface area contributed by atoms with Crippen LogP contribution in [0.4, 0.5) is 31.2 Å². The van der Waals surface area contributed by atoms with Crippen LogP contribution in [0.5, 0.6) is 0 Å². The molecular weight excluding hydrogens is 749 g/mol. The van der Waals surface area contributed by atoms with E-state index in [0.29, 0.717) is 51.1 Å². The van der Waals surface area contributed by atoms with Gasteiger partial charge in [-0.3, -0.25) is 20.2 Å². The lowest BCUT2D eigenvalue weighted by Gasteiger charge is -2.17. The van der Waals surface area contributed by atoms with Crippen molar-refractivity contribution in [1.29, 1.82) is 0 Å². The van der Waals surface area contributed by atoms with Gasteiger partial charge < -0.3 is 26.0 Å². The van der Waals surface area contributed by atoms with Crippen LogP contribution in [0.25, 0.3) is 0 Å². The topological polar surface area (TPSA) is 175 Å². The number of nitrogens with zero attached hydrogens (tertiary/aromatic N) is 2. The third kappa shape index (κ3) is 14.3. The van der Waals surface area contributed by atoms with Crippen LogP contribution < -0.4 is 31.9 Å². The number of ether oxygens (including phenoxy) is 1. The lowest BCUT2D eigenvalue weighted by atomic mass is 9.92. The molecule has 0 aliphatic carbocycles. The molecule has 0 bridgehead atoms. The van der Waals surface area contributed by atoms with Crippen molar-refractivity contribution in [3.8, 4) is 0 Å². The number of methoxy groups -OCH3 is 1. The van der Waals surface area contributed by atoms with Gasteiger partial charge in [0, 0.05) is 38.2 Å². The summed E-state index contributed by atoms with van der Waals surface area (Å²) in [5, 5.41) is 17.8. The number of hydrogen-bond donors (Lipinski definition) is 6. The number of aromatic nitrogens is 2. The van der Waals surface area contributed by atoms with Gasteiger partial charge in [0.15, 0.2) is 10.3 Å². The SMILES string of the molecule is COCCCCNC(=O)Nc1nc(C)c(C(=O)Nc2c(C)cc(C)cc2C)s1.Cc1cc(C)c(NC(=O)c2sc(NC(=O)NCCC(C)(C)C)nc2C)c(C)c1. The van der Waals surface area contributed by atoms with Gasteiger partial charge in [-0.1, -0.05) is 78.8 Å². The number of rotatable bonds is 13. The maximum absolute atomic E-state index is 12.7. The minimum atomic E-state index is -0.330. The summed E-state index contributed by atoms with van der Waals surface area (Å²) >= 11 is 2.34. The molecule has 2 aromatic heterocycles. The highest BCUT2D eigenvalue weighted by molar-refractivity contribution is 7.18. The van der Waals surface area contributed by atoms with Gasteiger partial charge in [-0.25, -0.2) is 19.6 Å². The molecule has 6 amide bonds. The third-order valence-corrected chi connectivity index (χ3v) is 10.6. The number of carbonyl (C=O) groups excluding carboxylic acids is 4. The molecule has 13 nitrogen and oxygen atoms in total. The van der Waals surface area contributed by atoms with Crippen LogP contribution >= 0.6 is 22.7 Å². The van der Waals surface area contributed by atoms with Crippen molar-refractivity contribution < 1.29 is 23.9 Å². The van der Waals surface area contributed by atoms with E-state index in [9.17, 15) is 19.2 Å². The van der Waals surface area contributed by atoms with E-state index in [-0.39, 0.29) is 29.3 Å². The van der Waals surface area contributed by atoms with Gasteiger partial charge >= 0.3 is 12.1 Å². The summed E-state index contributed by atoms with van der Waals surface area (Å²) in [6, 6.07) is 7.50. The summed E-state index contributed by atoms with van der Waals surface area (Å²) < 4.78 is 4.97. The van der Waals surface area contributed by atoms with Crippen LogP contribution in [0.3, 0.4) is 0 Å². The average molecular weight is 807 g/mol. The number of aryl methyl sites for hydroxylation is 8. The molecule has 0 spiro atoms. The minimum Gasteiger partial charge on any atom is -0.385 e. The molecule has 0 unspecified atom stereocenters. The van der Waals surface area contributed by atoms with Gasteiger partial charge in [-0.05, 0) is 102 Å². The molecule has 56 heavy (non-hydrogen) atoms. The molecule has 4 rings (SSSR count). The van der Waals surface area contributed by atoms with E-state index in [2.05, 4.69) is 62.6 Å². The number of thiazole rings is 2. The number of urea groups is 2. The lowest BCUT2D eigenvalue weighted by Crippen LogP contribution is -2.31. The Kier molecular flexibility index (Phi) is 17.0. The van der Waals surface area contributed by atoms with Gasteiger partial charge in [-0.15, -0.1) is 0 Å². The zero-order valence-corrected chi connectivity index (χ0v) is 36.4. The summed E-state index contributed by atoms with van der Waals surface area (Å²) in [4.78, 5) is 59.0. The molecule has 4 aromatic rings. The molecule has 0 atom stereocenters. The third-order valence-electron chi connectivity index (χ3n) is 8.50. The van der Waals surface area contributed by atoms with Gasteiger partial charge in [0.25, 0.3) is 11.8 Å². The van der Waals surface area contributed by atoms with E-state index >= 15 is 0 Å². The summed E-state index contributed by atoms with van der Waals surface area (Å²) in [7, 11) is 1.65. The smallest absolute Gasteiger partial charge is 0.321 e. The lowest BCUT2D eigenvalue weighted by molar-refractivity contribution is 0.102. The van der Waals surface area contributed by atoms with E-state index in [1.165, 1.54) is 11.3 Å². The number of unbranched alkanes of at least 4 members (excludes halogenated alkanes) is 1. The van der Waals surface area contributed by atoms with E-state index in [4.69, 9.17) is 4.74 Å². The maximum atomic E-state index is 12.7. The molecule has 0 aliphatic rings. The Balaban J connectivity index is 0.000000300. The van der Waals surface area contributed by atoms with Crippen LogP contribution in [-0.2, 0) is 4.74 Å². The number of benzene rings is 2. The quantitative estimate of drug-likeness (QED) is 0.0730. The molecule has 0 saturated carbocycles. The minimum absolute atomic E-state index is 0.155. The number of anilines is 4. The number of carbonyl (C=O) groups is 4. The monoisotopic (exact) mass is 806 g/mol. The molecule has 0 aliphatic heterocycles. The molecule has 2 aromatic carbocycles. The Labute approximate surface area is 339 Å². The van der Waals surface area contributed by atoms with Crippen LogP contribution in [0.1, 0.15) is 104 Å². The molecule has 15 heteroatoms. The molecule has 0 saturated heterocycles. The van der Waals surface area contributed by atoms with Crippen molar-refractivity contribution in [2.45, 2.75) is 95.4 Å². The van der Waals surface area contributed by atoms with Crippen molar-refractivity contribution in [3.63, 3.8) is 0 Å². The Bertz CT molecular complexity index is 1970. The standard InChI is InChI=1S/C21H30N4O2S.C20H28N4O3S/c1-12-10-13(2)16(14(3)11-12)24-18(26)17-15(4)23-20(28-17)25-19(27)22-9-8-21(5,6)7;1-12-10-13(2)16(14(3)11-12)23-18(25)17-15(4)22-20(28-17)24-19(26)21-8-6-7-9-27-5/h10-11H,8-9H2,1-7H3,(H,24,26)(H2,22,23,25,27);10-11H,6-9H2,1-5H3,(H,23,25)(H2,21,22,24,26). The molecule has 0 fully saturated rings. The number of amides is 6. The van der Waals surface area contributed by atoms with Crippen molar-refractivity contribution in [3.05, 3.63) is 78.8 Å². The van der Waals surface area contributed by atoms with Crippen LogP contribution in [0, 0.1) is 60.8 Å². The Morgan fingerprint density at radius 3 is 1.38 bits per heavy atom. The van der Waals surface area contributed by atoms with Crippen molar-refractivity contribution in [1.82, 2.24) is 20.6 Å². The summed E-state index contributed by atoms with van der Waals surface area (Å²) in [6.45, 7) is 23.7. The normalized spacial score (nSPS) is 10.9. The van der Waals surface area contributed by atoms with E-state index in [1.807, 2.05) is 65.8 Å². The predicted molar refractivity (Wildman–Crippen MR) is 230 cm³/mol. The summed E-state index contributed by atoms with van der Waals surface area (Å²) in [5.41, 5.74) is 9.34. The molecule has 304 valence electrons. The molecule has 6 N–H and O–H groups in total. The van der Waals surface area contributed by atoms with Crippen molar-refractivity contribution in [2.75, 3.05) is 48.1 Å². The first-order valence-electron chi connectivity index (χ1n) is 18.6. The molecule has 0 radical (unpaired) electrons. The first-order valence-corrected chi connectivity index (χ1v) is 20.2. The molecular formula is C41H58N8O5S2. The zero-order chi connectivity index (χ0) is 41.7. The highest BCUT2D eigenvalue weighted by Gasteiger charge is 2.20. The van der Waals surface area contributed by atoms with Crippen LogP contribution in [0.15, 0.2) is 24.3 Å².